The molecule has 0 amide bonds. The van der Waals surface area contributed by atoms with Crippen LogP contribution >= 0.6 is 22.9 Å². The van der Waals surface area contributed by atoms with E-state index >= 15 is 0 Å². The van der Waals surface area contributed by atoms with Crippen LogP contribution in [0.4, 0.5) is 9.52 Å². The van der Waals surface area contributed by atoms with E-state index in [0.717, 1.165) is 66.2 Å². The number of halogens is 2. The minimum atomic E-state index is -0.214. The van der Waals surface area contributed by atoms with Gasteiger partial charge in [0.25, 0.3) is 0 Å². The van der Waals surface area contributed by atoms with Crippen molar-refractivity contribution in [2.45, 2.75) is 6.54 Å². The van der Waals surface area contributed by atoms with Crippen LogP contribution < -0.4 is 5.32 Å². The maximum absolute atomic E-state index is 13.3. The van der Waals surface area contributed by atoms with Crippen LogP contribution in [-0.4, -0.2) is 54.1 Å². The molecule has 1 aromatic heterocycles. The molecular weight excluding hydrogens is 383 g/mol. The van der Waals surface area contributed by atoms with Crippen molar-refractivity contribution in [3.8, 4) is 0 Å². The standard InChI is InChI=1S/C20H22ClFN4S/c21-16-3-1-15(2-4-16)14-26-11-9-25(10-12-26)8-7-23-20-24-18-6-5-17(22)13-19(18)27-20/h1-6,13H,7-12,14H2,(H,23,24). The van der Waals surface area contributed by atoms with Gasteiger partial charge in [-0.2, -0.15) is 0 Å². The summed E-state index contributed by atoms with van der Waals surface area (Å²) in [5, 5.41) is 5.02. The quantitative estimate of drug-likeness (QED) is 0.663. The van der Waals surface area contributed by atoms with E-state index in [0.29, 0.717) is 0 Å². The lowest BCUT2D eigenvalue weighted by atomic mass is 10.2. The van der Waals surface area contributed by atoms with Crippen LogP contribution in [0.2, 0.25) is 5.02 Å². The molecule has 0 atom stereocenters. The second-order valence-electron chi connectivity index (χ2n) is 6.80. The van der Waals surface area contributed by atoms with Crippen LogP contribution in [0.1, 0.15) is 5.56 Å². The zero-order valence-electron chi connectivity index (χ0n) is 15.0. The summed E-state index contributed by atoms with van der Waals surface area (Å²) in [6.45, 7) is 7.09. The van der Waals surface area contributed by atoms with Crippen LogP contribution in [0, 0.1) is 5.82 Å². The monoisotopic (exact) mass is 404 g/mol. The molecule has 0 spiro atoms. The number of aromatic nitrogens is 1. The van der Waals surface area contributed by atoms with Crippen molar-refractivity contribution >= 4 is 38.3 Å². The molecule has 0 aliphatic carbocycles. The maximum atomic E-state index is 13.3. The number of rotatable bonds is 6. The summed E-state index contributed by atoms with van der Waals surface area (Å²) in [5.74, 6) is -0.214. The Balaban J connectivity index is 1.20. The third-order valence-corrected chi connectivity index (χ3v) is 6.07. The van der Waals surface area contributed by atoms with Crippen molar-refractivity contribution in [3.63, 3.8) is 0 Å². The molecule has 27 heavy (non-hydrogen) atoms. The average Bonchev–Trinajstić information content (AvgIpc) is 3.07. The Morgan fingerprint density at radius 3 is 2.56 bits per heavy atom. The second kappa shape index (κ2) is 8.52. The first kappa shape index (κ1) is 18.6. The Kier molecular flexibility index (Phi) is 5.88. The van der Waals surface area contributed by atoms with Crippen molar-refractivity contribution in [1.82, 2.24) is 14.8 Å². The molecular formula is C20H22ClFN4S. The number of piperazine rings is 1. The van der Waals surface area contributed by atoms with E-state index in [1.807, 2.05) is 12.1 Å². The fourth-order valence-corrected chi connectivity index (χ4v) is 4.36. The molecule has 142 valence electrons. The normalized spacial score (nSPS) is 16.1. The molecule has 4 nitrogen and oxygen atoms in total. The van der Waals surface area contributed by atoms with Gasteiger partial charge in [0.2, 0.25) is 0 Å². The highest BCUT2D eigenvalue weighted by atomic mass is 35.5. The average molecular weight is 405 g/mol. The first-order chi connectivity index (χ1) is 13.2. The van der Waals surface area contributed by atoms with Gasteiger partial charge in [0.05, 0.1) is 10.2 Å². The van der Waals surface area contributed by atoms with Crippen LogP contribution in [0.5, 0.6) is 0 Å². The Morgan fingerprint density at radius 2 is 1.78 bits per heavy atom. The van der Waals surface area contributed by atoms with Crippen molar-refractivity contribution in [2.24, 2.45) is 0 Å². The third-order valence-electron chi connectivity index (χ3n) is 4.84. The van der Waals surface area contributed by atoms with E-state index < -0.39 is 0 Å². The van der Waals surface area contributed by atoms with E-state index in [2.05, 4.69) is 32.2 Å². The number of benzene rings is 2. The van der Waals surface area contributed by atoms with E-state index in [1.165, 1.54) is 29.0 Å². The Hall–Kier alpha value is -1.73. The highest BCUT2D eigenvalue weighted by Gasteiger charge is 2.16. The first-order valence-corrected chi connectivity index (χ1v) is 10.3. The lowest BCUT2D eigenvalue weighted by Gasteiger charge is -2.34. The molecule has 0 radical (unpaired) electrons. The summed E-state index contributed by atoms with van der Waals surface area (Å²) in [6.07, 6.45) is 0. The van der Waals surface area contributed by atoms with E-state index in [1.54, 1.807) is 6.07 Å². The van der Waals surface area contributed by atoms with Gasteiger partial charge in [-0.1, -0.05) is 35.1 Å². The van der Waals surface area contributed by atoms with Gasteiger partial charge in [0, 0.05) is 50.8 Å². The van der Waals surface area contributed by atoms with Gasteiger partial charge < -0.3 is 5.32 Å². The molecule has 2 aromatic carbocycles. The van der Waals surface area contributed by atoms with Crippen molar-refractivity contribution in [3.05, 3.63) is 58.9 Å². The molecule has 1 aliphatic rings. The molecule has 4 rings (SSSR count). The van der Waals surface area contributed by atoms with Gasteiger partial charge in [0.1, 0.15) is 5.82 Å². The number of anilines is 1. The number of hydrogen-bond acceptors (Lipinski definition) is 5. The predicted octanol–water partition coefficient (Wildman–Crippen LogP) is 4.32. The predicted molar refractivity (Wildman–Crippen MR) is 111 cm³/mol. The summed E-state index contributed by atoms with van der Waals surface area (Å²) in [6, 6.07) is 12.8. The lowest BCUT2D eigenvalue weighted by molar-refractivity contribution is 0.130. The minimum absolute atomic E-state index is 0.214. The largest absolute Gasteiger partial charge is 0.360 e. The summed E-state index contributed by atoms with van der Waals surface area (Å²) >= 11 is 7.45. The number of hydrogen-bond donors (Lipinski definition) is 1. The number of nitrogens with one attached hydrogen (secondary N) is 1. The molecule has 0 saturated carbocycles. The summed E-state index contributed by atoms with van der Waals surface area (Å²) in [7, 11) is 0. The van der Waals surface area contributed by atoms with E-state index in [-0.39, 0.29) is 5.82 Å². The molecule has 7 heteroatoms. The third kappa shape index (κ3) is 4.96. The maximum Gasteiger partial charge on any atom is 0.183 e. The van der Waals surface area contributed by atoms with Crippen LogP contribution in [0.3, 0.4) is 0 Å². The summed E-state index contributed by atoms with van der Waals surface area (Å²) in [4.78, 5) is 9.46. The van der Waals surface area contributed by atoms with Gasteiger partial charge in [-0.05, 0) is 35.9 Å². The van der Waals surface area contributed by atoms with Gasteiger partial charge in [-0.15, -0.1) is 0 Å². The van der Waals surface area contributed by atoms with Gasteiger partial charge >= 0.3 is 0 Å². The van der Waals surface area contributed by atoms with E-state index in [9.17, 15) is 4.39 Å². The van der Waals surface area contributed by atoms with E-state index in [4.69, 9.17) is 11.6 Å². The lowest BCUT2D eigenvalue weighted by Crippen LogP contribution is -2.47. The molecule has 1 saturated heterocycles. The highest BCUT2D eigenvalue weighted by Crippen LogP contribution is 2.26. The Morgan fingerprint density at radius 1 is 1.04 bits per heavy atom. The smallest absolute Gasteiger partial charge is 0.183 e. The van der Waals surface area contributed by atoms with Crippen LogP contribution in [0.15, 0.2) is 42.5 Å². The molecule has 1 fully saturated rings. The molecule has 3 aromatic rings. The Bertz CT molecular complexity index is 891. The van der Waals surface area contributed by atoms with Crippen molar-refractivity contribution in [1.29, 1.82) is 0 Å². The van der Waals surface area contributed by atoms with Gasteiger partial charge in [0.15, 0.2) is 5.13 Å². The molecule has 1 aliphatic heterocycles. The van der Waals surface area contributed by atoms with Crippen molar-refractivity contribution in [2.75, 3.05) is 44.6 Å². The fraction of sp³-hybridized carbons (Fsp3) is 0.350. The summed E-state index contributed by atoms with van der Waals surface area (Å²) in [5.41, 5.74) is 2.15. The first-order valence-electron chi connectivity index (χ1n) is 9.15. The molecule has 0 bridgehead atoms. The van der Waals surface area contributed by atoms with Gasteiger partial charge in [-0.25, -0.2) is 9.37 Å². The molecule has 1 N–H and O–H groups in total. The zero-order valence-corrected chi connectivity index (χ0v) is 16.6. The fourth-order valence-electron chi connectivity index (χ4n) is 3.31. The number of fused-ring (bicyclic) bond motifs is 1. The minimum Gasteiger partial charge on any atom is -0.360 e. The van der Waals surface area contributed by atoms with Crippen LogP contribution in [-0.2, 0) is 6.54 Å². The number of nitrogens with zero attached hydrogens (tertiary/aromatic N) is 3. The summed E-state index contributed by atoms with van der Waals surface area (Å²) < 4.78 is 14.2. The van der Waals surface area contributed by atoms with Crippen molar-refractivity contribution < 1.29 is 4.39 Å². The highest BCUT2D eigenvalue weighted by molar-refractivity contribution is 7.22. The molecule has 2 heterocycles. The SMILES string of the molecule is Fc1ccc2nc(NCCN3CCN(Cc4ccc(Cl)cc4)CC3)sc2c1. The second-order valence-corrected chi connectivity index (χ2v) is 8.27. The van der Waals surface area contributed by atoms with Gasteiger partial charge in [-0.3, -0.25) is 9.80 Å². The number of thiazole rings is 1. The Labute approximate surface area is 167 Å². The van der Waals surface area contributed by atoms with Crippen LogP contribution in [0.25, 0.3) is 10.2 Å². The topological polar surface area (TPSA) is 31.4 Å². The molecule has 0 unspecified atom stereocenters. The zero-order chi connectivity index (χ0) is 18.6.